The average Bonchev–Trinajstić information content (AvgIpc) is 2.38. The molecule has 2 aliphatic rings. The minimum atomic E-state index is -0.475. The van der Waals surface area contributed by atoms with Crippen LogP contribution < -0.4 is 10.9 Å². The molecule has 4 nitrogen and oxygen atoms in total. The molecule has 0 bridgehead atoms. The number of rotatable bonds is 1. The standard InChI is InChI=1S/C14H12N2O2/c1-2-16-11-6-4-3-5-9(11)15-10-7-13(17)14(18)8-12(10)16/h3-8,15H,2H2,1H3. The fourth-order valence-corrected chi connectivity index (χ4v) is 2.30. The molecule has 0 amide bonds. The molecule has 3 rings (SSSR count). The summed E-state index contributed by atoms with van der Waals surface area (Å²) in [5.41, 5.74) is 2.49. The molecule has 0 unspecified atom stereocenters. The molecule has 1 N–H and O–H groups in total. The predicted octanol–water partition coefficient (Wildman–Crippen LogP) is 1.81. The fourth-order valence-electron chi connectivity index (χ4n) is 2.30. The molecule has 4 heteroatoms. The van der Waals surface area contributed by atoms with Crippen molar-refractivity contribution >= 4 is 11.0 Å². The molecule has 90 valence electrons. The molecule has 0 aromatic heterocycles. The van der Waals surface area contributed by atoms with Crippen LogP contribution in [0, 0.1) is 0 Å². The lowest BCUT2D eigenvalue weighted by Gasteiger charge is -2.17. The Morgan fingerprint density at radius 2 is 1.83 bits per heavy atom. The first-order chi connectivity index (χ1) is 8.70. The van der Waals surface area contributed by atoms with E-state index in [0.717, 1.165) is 23.3 Å². The van der Waals surface area contributed by atoms with E-state index in [1.165, 1.54) is 12.1 Å². The van der Waals surface area contributed by atoms with Gasteiger partial charge in [-0.2, -0.15) is 0 Å². The van der Waals surface area contributed by atoms with E-state index in [0.29, 0.717) is 5.69 Å². The molecule has 0 saturated heterocycles. The lowest BCUT2D eigenvalue weighted by molar-refractivity contribution is 0.790. The average molecular weight is 240 g/mol. The number of H-pyrrole nitrogens is 1. The number of aryl methyl sites for hydroxylation is 1. The highest BCUT2D eigenvalue weighted by Crippen LogP contribution is 2.22. The van der Waals surface area contributed by atoms with Gasteiger partial charge in [-0.1, -0.05) is 12.1 Å². The highest BCUT2D eigenvalue weighted by Gasteiger charge is 2.12. The van der Waals surface area contributed by atoms with Crippen molar-refractivity contribution in [2.24, 2.45) is 0 Å². The summed E-state index contributed by atoms with van der Waals surface area (Å²) < 4.78 is 2.03. The second kappa shape index (κ2) is 3.84. The molecule has 0 saturated carbocycles. The van der Waals surface area contributed by atoms with Crippen LogP contribution in [0.3, 0.4) is 0 Å². The van der Waals surface area contributed by atoms with E-state index < -0.39 is 10.9 Å². The number of hydrogen-bond acceptors (Lipinski definition) is 2. The van der Waals surface area contributed by atoms with Gasteiger partial charge in [-0.05, 0) is 19.1 Å². The molecule has 0 atom stereocenters. The van der Waals surface area contributed by atoms with E-state index in [1.54, 1.807) is 0 Å². The molecule has 0 fully saturated rings. The zero-order valence-electron chi connectivity index (χ0n) is 9.93. The van der Waals surface area contributed by atoms with E-state index in [1.807, 2.05) is 35.8 Å². The minimum absolute atomic E-state index is 0.464. The quantitative estimate of drug-likeness (QED) is 0.521. The molecular weight excluding hydrogens is 228 g/mol. The van der Waals surface area contributed by atoms with E-state index in [4.69, 9.17) is 0 Å². The predicted molar refractivity (Wildman–Crippen MR) is 71.1 cm³/mol. The number of aromatic nitrogens is 2. The fraction of sp³-hybridized carbons (Fsp3) is 0.143. The Hall–Kier alpha value is -2.36. The van der Waals surface area contributed by atoms with Crippen molar-refractivity contribution in [3.63, 3.8) is 0 Å². The van der Waals surface area contributed by atoms with Crippen molar-refractivity contribution in [2.75, 3.05) is 0 Å². The zero-order valence-corrected chi connectivity index (χ0v) is 9.93. The third-order valence-corrected chi connectivity index (χ3v) is 3.13. The van der Waals surface area contributed by atoms with E-state index in [9.17, 15) is 9.59 Å². The summed E-state index contributed by atoms with van der Waals surface area (Å²) in [6.07, 6.45) is 0. The summed E-state index contributed by atoms with van der Waals surface area (Å²) in [4.78, 5) is 26.1. The van der Waals surface area contributed by atoms with Gasteiger partial charge < -0.3 is 9.55 Å². The van der Waals surface area contributed by atoms with Gasteiger partial charge in [-0.3, -0.25) is 9.59 Å². The maximum absolute atomic E-state index is 11.5. The molecule has 1 heterocycles. The van der Waals surface area contributed by atoms with Crippen LogP contribution in [0.5, 0.6) is 0 Å². The first-order valence-electron chi connectivity index (χ1n) is 5.86. The topological polar surface area (TPSA) is 54.9 Å². The highest BCUT2D eigenvalue weighted by molar-refractivity contribution is 5.80. The monoisotopic (exact) mass is 240 g/mol. The van der Waals surface area contributed by atoms with Crippen LogP contribution >= 0.6 is 0 Å². The minimum Gasteiger partial charge on any atom is -0.352 e. The van der Waals surface area contributed by atoms with Crippen LogP contribution in [-0.2, 0) is 6.54 Å². The molecule has 1 aliphatic heterocycles. The molecule has 0 radical (unpaired) electrons. The molecule has 1 aromatic rings. The van der Waals surface area contributed by atoms with Crippen LogP contribution in [0.4, 0.5) is 0 Å². The number of hydrogen-bond donors (Lipinski definition) is 1. The number of benzene rings is 2. The second-order valence-corrected chi connectivity index (χ2v) is 4.20. The van der Waals surface area contributed by atoms with Gasteiger partial charge in [-0.15, -0.1) is 0 Å². The first-order valence-corrected chi connectivity index (χ1v) is 5.86. The van der Waals surface area contributed by atoms with Crippen molar-refractivity contribution < 1.29 is 0 Å². The van der Waals surface area contributed by atoms with Gasteiger partial charge >= 0.3 is 0 Å². The SMILES string of the molecule is CCn1c2cc(=O)c(=O)cc-2[nH]c2ccccc21. The maximum Gasteiger partial charge on any atom is 0.227 e. The number of aromatic amines is 1. The van der Waals surface area contributed by atoms with Crippen LogP contribution in [-0.4, -0.2) is 9.55 Å². The summed E-state index contributed by atoms with van der Waals surface area (Å²) in [6, 6.07) is 10.6. The number of para-hydroxylation sites is 2. The van der Waals surface area contributed by atoms with E-state index >= 15 is 0 Å². The van der Waals surface area contributed by atoms with Crippen molar-refractivity contribution in [3.05, 3.63) is 56.8 Å². The lowest BCUT2D eigenvalue weighted by atomic mass is 10.1. The Morgan fingerprint density at radius 1 is 1.11 bits per heavy atom. The zero-order chi connectivity index (χ0) is 12.7. The van der Waals surface area contributed by atoms with Gasteiger partial charge in [0.2, 0.25) is 10.9 Å². The van der Waals surface area contributed by atoms with Gasteiger partial charge in [-0.25, -0.2) is 0 Å². The largest absolute Gasteiger partial charge is 0.352 e. The number of fused-ring (bicyclic) bond motifs is 2. The number of nitrogens with one attached hydrogen (secondary N) is 1. The first kappa shape index (κ1) is 10.8. The van der Waals surface area contributed by atoms with Gasteiger partial charge in [0.15, 0.2) is 0 Å². The molecule has 18 heavy (non-hydrogen) atoms. The molecule has 1 aliphatic carbocycles. The molecular formula is C14H12N2O2. The van der Waals surface area contributed by atoms with Crippen molar-refractivity contribution in [3.8, 4) is 11.4 Å². The van der Waals surface area contributed by atoms with Crippen LogP contribution in [0.25, 0.3) is 22.4 Å². The Kier molecular flexibility index (Phi) is 2.30. The summed E-state index contributed by atoms with van der Waals surface area (Å²) >= 11 is 0. The van der Waals surface area contributed by atoms with E-state index in [-0.39, 0.29) is 0 Å². The van der Waals surface area contributed by atoms with Crippen molar-refractivity contribution in [1.82, 2.24) is 9.55 Å². The highest BCUT2D eigenvalue weighted by atomic mass is 16.2. The summed E-state index contributed by atoms with van der Waals surface area (Å²) in [6.45, 7) is 2.75. The third-order valence-electron chi connectivity index (χ3n) is 3.13. The second-order valence-electron chi connectivity index (χ2n) is 4.20. The van der Waals surface area contributed by atoms with Gasteiger partial charge in [0.1, 0.15) is 0 Å². The smallest absolute Gasteiger partial charge is 0.227 e. The lowest BCUT2D eigenvalue weighted by Crippen LogP contribution is -2.24. The maximum atomic E-state index is 11.5. The Balaban J connectivity index is 2.59. The van der Waals surface area contributed by atoms with Gasteiger partial charge in [0.05, 0.1) is 22.4 Å². The van der Waals surface area contributed by atoms with Gasteiger partial charge in [0.25, 0.3) is 0 Å². The normalized spacial score (nSPS) is 11.2. The molecule has 0 spiro atoms. The summed E-state index contributed by atoms with van der Waals surface area (Å²) in [7, 11) is 0. The molecule has 1 aromatic carbocycles. The third kappa shape index (κ3) is 1.46. The number of nitrogens with zero attached hydrogens (tertiary/aromatic N) is 1. The van der Waals surface area contributed by atoms with Crippen molar-refractivity contribution in [1.29, 1.82) is 0 Å². The summed E-state index contributed by atoms with van der Waals surface area (Å²) in [5.74, 6) is 0. The van der Waals surface area contributed by atoms with Gasteiger partial charge in [0, 0.05) is 18.7 Å². The van der Waals surface area contributed by atoms with Crippen LogP contribution in [0.15, 0.2) is 46.0 Å². The Morgan fingerprint density at radius 3 is 2.61 bits per heavy atom. The van der Waals surface area contributed by atoms with Crippen molar-refractivity contribution in [2.45, 2.75) is 13.5 Å². The summed E-state index contributed by atoms with van der Waals surface area (Å²) in [5, 5.41) is 0. The van der Waals surface area contributed by atoms with E-state index in [2.05, 4.69) is 4.98 Å². The van der Waals surface area contributed by atoms with Crippen LogP contribution in [0.1, 0.15) is 6.92 Å². The Bertz CT molecular complexity index is 814. The van der Waals surface area contributed by atoms with Crippen LogP contribution in [0.2, 0.25) is 0 Å². The Labute approximate surface area is 103 Å².